The quantitative estimate of drug-likeness (QED) is 0.818. The second kappa shape index (κ2) is 4.33. The van der Waals surface area contributed by atoms with Crippen molar-refractivity contribution in [3.63, 3.8) is 0 Å². The van der Waals surface area contributed by atoms with Crippen LogP contribution in [-0.4, -0.2) is 34.5 Å². The lowest BCUT2D eigenvalue weighted by Gasteiger charge is -2.06. The molecule has 1 amide bonds. The summed E-state index contributed by atoms with van der Waals surface area (Å²) in [5.74, 6) is -0.0570. The van der Waals surface area contributed by atoms with Crippen molar-refractivity contribution in [1.82, 2.24) is 14.5 Å². The number of amides is 1. The molecular formula is C12H15N3OS. The highest BCUT2D eigenvalue weighted by atomic mass is 32.1. The summed E-state index contributed by atoms with van der Waals surface area (Å²) in [6.45, 7) is 2.04. The number of thiazole rings is 1. The maximum absolute atomic E-state index is 11.7. The van der Waals surface area contributed by atoms with Gasteiger partial charge in [0.1, 0.15) is 10.7 Å². The Kier molecular flexibility index (Phi) is 3.02. The first-order valence-corrected chi connectivity index (χ1v) is 6.18. The number of aromatic nitrogens is 2. The third kappa shape index (κ3) is 2.10. The van der Waals surface area contributed by atoms with Gasteiger partial charge in [-0.2, -0.15) is 0 Å². The highest BCUT2D eigenvalue weighted by Gasteiger charge is 2.14. The van der Waals surface area contributed by atoms with Crippen LogP contribution in [0.2, 0.25) is 0 Å². The Morgan fingerprint density at radius 1 is 1.41 bits per heavy atom. The molecule has 0 aliphatic rings. The summed E-state index contributed by atoms with van der Waals surface area (Å²) in [4.78, 5) is 17.7. The molecule has 2 aromatic rings. The van der Waals surface area contributed by atoms with Gasteiger partial charge in [0.2, 0.25) is 0 Å². The van der Waals surface area contributed by atoms with E-state index in [2.05, 4.69) is 9.55 Å². The predicted octanol–water partition coefficient (Wildman–Crippen LogP) is 2.16. The van der Waals surface area contributed by atoms with Crippen LogP contribution in [0.15, 0.2) is 17.5 Å². The van der Waals surface area contributed by atoms with Crippen LogP contribution >= 0.6 is 11.3 Å². The highest BCUT2D eigenvalue weighted by molar-refractivity contribution is 7.13. The van der Waals surface area contributed by atoms with Crippen molar-refractivity contribution < 1.29 is 4.79 Å². The summed E-state index contributed by atoms with van der Waals surface area (Å²) >= 11 is 1.50. The van der Waals surface area contributed by atoms with E-state index in [0.717, 1.165) is 10.7 Å². The number of hydrogen-bond acceptors (Lipinski definition) is 3. The summed E-state index contributed by atoms with van der Waals surface area (Å²) in [7, 11) is 5.46. The standard InChI is InChI=1S/C12H15N3OS/c1-8-5-6-10(15(8)4)11-13-9(7-17-11)12(16)14(2)3/h5-7H,1-4H3. The van der Waals surface area contributed by atoms with E-state index in [1.54, 1.807) is 19.5 Å². The van der Waals surface area contributed by atoms with Gasteiger partial charge >= 0.3 is 0 Å². The number of carbonyl (C=O) groups is 1. The zero-order chi connectivity index (χ0) is 12.6. The zero-order valence-electron chi connectivity index (χ0n) is 10.4. The maximum Gasteiger partial charge on any atom is 0.272 e. The molecule has 4 nitrogen and oxygen atoms in total. The van der Waals surface area contributed by atoms with Crippen LogP contribution < -0.4 is 0 Å². The van der Waals surface area contributed by atoms with Crippen LogP contribution in [0.3, 0.4) is 0 Å². The van der Waals surface area contributed by atoms with Gasteiger partial charge in [0.25, 0.3) is 5.91 Å². The van der Waals surface area contributed by atoms with E-state index in [0.29, 0.717) is 5.69 Å². The Balaban J connectivity index is 2.36. The second-order valence-electron chi connectivity index (χ2n) is 4.16. The first-order valence-electron chi connectivity index (χ1n) is 5.30. The molecule has 0 N–H and O–H groups in total. The minimum Gasteiger partial charge on any atom is -0.346 e. The van der Waals surface area contributed by atoms with E-state index >= 15 is 0 Å². The second-order valence-corrected chi connectivity index (χ2v) is 5.01. The molecule has 2 heterocycles. The Labute approximate surface area is 105 Å². The van der Waals surface area contributed by atoms with Crippen molar-refractivity contribution in [2.75, 3.05) is 14.1 Å². The zero-order valence-corrected chi connectivity index (χ0v) is 11.2. The van der Waals surface area contributed by atoms with E-state index in [1.165, 1.54) is 21.9 Å². The number of aryl methyl sites for hydroxylation is 1. The van der Waals surface area contributed by atoms with Crippen molar-refractivity contribution in [3.05, 3.63) is 28.9 Å². The third-order valence-corrected chi connectivity index (χ3v) is 3.59. The molecule has 0 spiro atoms. The Hall–Kier alpha value is -1.62. The Morgan fingerprint density at radius 2 is 2.12 bits per heavy atom. The summed E-state index contributed by atoms with van der Waals surface area (Å²) in [5, 5.41) is 2.69. The van der Waals surface area contributed by atoms with Crippen LogP contribution in [0.1, 0.15) is 16.2 Å². The molecule has 0 fully saturated rings. The van der Waals surface area contributed by atoms with Crippen LogP contribution in [-0.2, 0) is 7.05 Å². The number of carbonyl (C=O) groups excluding carboxylic acids is 1. The minimum absolute atomic E-state index is 0.0570. The van der Waals surface area contributed by atoms with Gasteiger partial charge in [-0.3, -0.25) is 4.79 Å². The molecule has 90 valence electrons. The molecule has 0 atom stereocenters. The van der Waals surface area contributed by atoms with Crippen LogP contribution in [0.4, 0.5) is 0 Å². The number of rotatable bonds is 2. The molecule has 0 saturated carbocycles. The van der Waals surface area contributed by atoms with Gasteiger partial charge in [-0.1, -0.05) is 0 Å². The fourth-order valence-electron chi connectivity index (χ4n) is 1.55. The molecule has 5 heteroatoms. The molecule has 0 radical (unpaired) electrons. The van der Waals surface area contributed by atoms with Gasteiger partial charge < -0.3 is 9.47 Å². The Morgan fingerprint density at radius 3 is 2.65 bits per heavy atom. The van der Waals surface area contributed by atoms with Gasteiger partial charge in [0.15, 0.2) is 0 Å². The fourth-order valence-corrected chi connectivity index (χ4v) is 2.40. The molecule has 0 aromatic carbocycles. The van der Waals surface area contributed by atoms with Gasteiger partial charge in [-0.15, -0.1) is 11.3 Å². The van der Waals surface area contributed by atoms with Crippen LogP contribution in [0, 0.1) is 6.92 Å². The first-order chi connectivity index (χ1) is 8.00. The molecule has 2 aromatic heterocycles. The van der Waals surface area contributed by atoms with E-state index in [9.17, 15) is 4.79 Å². The van der Waals surface area contributed by atoms with E-state index in [4.69, 9.17) is 0 Å². The average Bonchev–Trinajstić information content (AvgIpc) is 2.87. The third-order valence-electron chi connectivity index (χ3n) is 2.72. The van der Waals surface area contributed by atoms with Crippen molar-refractivity contribution in [2.24, 2.45) is 7.05 Å². The van der Waals surface area contributed by atoms with E-state index < -0.39 is 0 Å². The minimum atomic E-state index is -0.0570. The topological polar surface area (TPSA) is 38.1 Å². The average molecular weight is 249 g/mol. The lowest BCUT2D eigenvalue weighted by Crippen LogP contribution is -2.21. The van der Waals surface area contributed by atoms with Crippen molar-refractivity contribution in [2.45, 2.75) is 6.92 Å². The van der Waals surface area contributed by atoms with Gasteiger partial charge in [-0.25, -0.2) is 4.98 Å². The Bertz CT molecular complexity index is 554. The summed E-state index contributed by atoms with van der Waals surface area (Å²) in [6, 6.07) is 4.07. The van der Waals surface area contributed by atoms with E-state index in [1.807, 2.05) is 26.1 Å². The van der Waals surface area contributed by atoms with Crippen molar-refractivity contribution in [1.29, 1.82) is 0 Å². The normalized spacial score (nSPS) is 10.6. The molecular weight excluding hydrogens is 234 g/mol. The van der Waals surface area contributed by atoms with E-state index in [-0.39, 0.29) is 5.91 Å². The monoisotopic (exact) mass is 249 g/mol. The summed E-state index contributed by atoms with van der Waals surface area (Å²) in [5.41, 5.74) is 2.73. The predicted molar refractivity (Wildman–Crippen MR) is 69.3 cm³/mol. The van der Waals surface area contributed by atoms with Gasteiger partial charge in [0, 0.05) is 32.2 Å². The molecule has 0 aliphatic carbocycles. The largest absolute Gasteiger partial charge is 0.346 e. The lowest BCUT2D eigenvalue weighted by molar-refractivity contribution is 0.0823. The molecule has 17 heavy (non-hydrogen) atoms. The number of nitrogens with zero attached hydrogens (tertiary/aromatic N) is 3. The van der Waals surface area contributed by atoms with Crippen LogP contribution in [0.5, 0.6) is 0 Å². The molecule has 0 bridgehead atoms. The molecule has 0 aliphatic heterocycles. The first kappa shape index (κ1) is 11.9. The highest BCUT2D eigenvalue weighted by Crippen LogP contribution is 2.25. The van der Waals surface area contributed by atoms with Gasteiger partial charge in [-0.05, 0) is 19.1 Å². The lowest BCUT2D eigenvalue weighted by atomic mass is 10.4. The summed E-state index contributed by atoms with van der Waals surface area (Å²) in [6.07, 6.45) is 0. The van der Waals surface area contributed by atoms with Crippen molar-refractivity contribution >= 4 is 17.2 Å². The van der Waals surface area contributed by atoms with Crippen LogP contribution in [0.25, 0.3) is 10.7 Å². The smallest absolute Gasteiger partial charge is 0.272 e. The fraction of sp³-hybridized carbons (Fsp3) is 0.333. The summed E-state index contributed by atoms with van der Waals surface area (Å²) < 4.78 is 2.07. The number of hydrogen-bond donors (Lipinski definition) is 0. The molecule has 2 rings (SSSR count). The SMILES string of the molecule is Cc1ccc(-c2nc(C(=O)N(C)C)cs2)n1C. The molecule has 0 saturated heterocycles. The van der Waals surface area contributed by atoms with Gasteiger partial charge in [0.05, 0.1) is 5.69 Å². The van der Waals surface area contributed by atoms with Crippen molar-refractivity contribution in [3.8, 4) is 10.7 Å². The maximum atomic E-state index is 11.7. The molecule has 0 unspecified atom stereocenters.